The SMILES string of the molecule is COc1cc2c(cc1Nc1nnc(C(N)=O)c(Nc3ccccc3P(C)(C)=O)n1)CN1CCCCC1C2. The average Bonchev–Trinajstić information content (AvgIpc) is 2.87. The lowest BCUT2D eigenvalue weighted by molar-refractivity contribution is 0.0995. The zero-order valence-electron chi connectivity index (χ0n) is 21.3. The highest BCUT2D eigenvalue weighted by molar-refractivity contribution is 7.70. The smallest absolute Gasteiger partial charge is 0.273 e. The van der Waals surface area contributed by atoms with Gasteiger partial charge in [-0.3, -0.25) is 9.69 Å². The fourth-order valence-corrected chi connectivity index (χ4v) is 6.33. The molecule has 5 rings (SSSR count). The van der Waals surface area contributed by atoms with Crippen LogP contribution in [0.25, 0.3) is 0 Å². The number of benzene rings is 2. The lowest BCUT2D eigenvalue weighted by Crippen LogP contribution is -2.43. The fourth-order valence-electron chi connectivity index (χ4n) is 5.17. The summed E-state index contributed by atoms with van der Waals surface area (Å²) in [6.07, 6.45) is 4.78. The summed E-state index contributed by atoms with van der Waals surface area (Å²) in [5.41, 5.74) is 9.26. The van der Waals surface area contributed by atoms with Gasteiger partial charge in [-0.05, 0) is 74.5 Å². The number of aromatic nitrogens is 3. The second-order valence-electron chi connectivity index (χ2n) is 9.96. The van der Waals surface area contributed by atoms with Crippen LogP contribution in [0.3, 0.4) is 0 Å². The zero-order valence-corrected chi connectivity index (χ0v) is 22.2. The number of hydrogen-bond donors (Lipinski definition) is 3. The van der Waals surface area contributed by atoms with Crippen LogP contribution < -0.4 is 26.4 Å². The van der Waals surface area contributed by atoms with Crippen LogP contribution in [0, 0.1) is 0 Å². The molecule has 3 aromatic rings. The van der Waals surface area contributed by atoms with E-state index in [0.717, 1.165) is 19.5 Å². The molecule has 1 amide bonds. The molecule has 2 aliphatic heterocycles. The van der Waals surface area contributed by atoms with Crippen molar-refractivity contribution in [3.05, 3.63) is 53.2 Å². The molecule has 0 radical (unpaired) electrons. The summed E-state index contributed by atoms with van der Waals surface area (Å²) in [5, 5.41) is 15.1. The molecule has 0 aliphatic carbocycles. The number of carbonyl (C=O) groups excluding carboxylic acids is 1. The van der Waals surface area contributed by atoms with E-state index in [2.05, 4.69) is 42.8 Å². The molecule has 10 nitrogen and oxygen atoms in total. The van der Waals surface area contributed by atoms with Crippen LogP contribution in [-0.4, -0.2) is 59.0 Å². The van der Waals surface area contributed by atoms with Crippen LogP contribution in [0.5, 0.6) is 5.75 Å². The molecule has 0 bridgehead atoms. The molecule has 11 heteroatoms. The van der Waals surface area contributed by atoms with Crippen molar-refractivity contribution in [2.24, 2.45) is 5.73 Å². The molecule has 1 atom stereocenters. The summed E-state index contributed by atoms with van der Waals surface area (Å²) in [6.45, 7) is 5.39. The highest BCUT2D eigenvalue weighted by Crippen LogP contribution is 2.39. The van der Waals surface area contributed by atoms with Crippen molar-refractivity contribution in [1.29, 1.82) is 0 Å². The number of anilines is 4. The Labute approximate surface area is 216 Å². The molecule has 2 aliphatic rings. The molecule has 1 fully saturated rings. The van der Waals surface area contributed by atoms with E-state index in [4.69, 9.17) is 10.5 Å². The predicted octanol–water partition coefficient (Wildman–Crippen LogP) is 3.62. The first kappa shape index (κ1) is 25.2. The maximum Gasteiger partial charge on any atom is 0.273 e. The number of primary amides is 1. The Balaban J connectivity index is 1.47. The molecule has 1 unspecified atom stereocenters. The number of ether oxygens (including phenoxy) is 1. The van der Waals surface area contributed by atoms with E-state index in [1.807, 2.05) is 12.1 Å². The van der Waals surface area contributed by atoms with Crippen molar-refractivity contribution in [3.63, 3.8) is 0 Å². The molecule has 0 saturated carbocycles. The second-order valence-corrected chi connectivity index (χ2v) is 13.1. The molecule has 194 valence electrons. The summed E-state index contributed by atoms with van der Waals surface area (Å²) in [5.74, 6) is 0.207. The monoisotopic (exact) mass is 521 g/mol. The Morgan fingerprint density at radius 1 is 1.11 bits per heavy atom. The van der Waals surface area contributed by atoms with Crippen molar-refractivity contribution in [3.8, 4) is 5.75 Å². The van der Waals surface area contributed by atoms with Gasteiger partial charge < -0.3 is 25.7 Å². The molecule has 3 heterocycles. The summed E-state index contributed by atoms with van der Waals surface area (Å²) in [4.78, 5) is 19.1. The van der Waals surface area contributed by atoms with Gasteiger partial charge in [0.15, 0.2) is 11.5 Å². The van der Waals surface area contributed by atoms with Crippen LogP contribution >= 0.6 is 7.14 Å². The van der Waals surface area contributed by atoms with Gasteiger partial charge in [-0.1, -0.05) is 18.6 Å². The van der Waals surface area contributed by atoms with Crippen molar-refractivity contribution in [1.82, 2.24) is 20.1 Å². The Kier molecular flexibility index (Phi) is 6.88. The third-order valence-electron chi connectivity index (χ3n) is 7.00. The van der Waals surface area contributed by atoms with E-state index in [-0.39, 0.29) is 17.5 Å². The maximum atomic E-state index is 12.8. The van der Waals surface area contributed by atoms with Crippen LogP contribution in [0.4, 0.5) is 23.1 Å². The Morgan fingerprint density at radius 2 is 1.92 bits per heavy atom. The van der Waals surface area contributed by atoms with Crippen LogP contribution in [-0.2, 0) is 17.5 Å². The van der Waals surface area contributed by atoms with Crippen molar-refractivity contribution < 1.29 is 14.1 Å². The van der Waals surface area contributed by atoms with Gasteiger partial charge in [0.1, 0.15) is 12.9 Å². The fraction of sp³-hybridized carbons (Fsp3) is 0.385. The molecule has 1 saturated heterocycles. The van der Waals surface area contributed by atoms with Crippen LogP contribution in [0.15, 0.2) is 36.4 Å². The number of nitrogens with zero attached hydrogens (tertiary/aromatic N) is 4. The van der Waals surface area contributed by atoms with Gasteiger partial charge in [0.05, 0.1) is 18.5 Å². The highest BCUT2D eigenvalue weighted by atomic mass is 31.2. The lowest BCUT2D eigenvalue weighted by Gasteiger charge is -2.40. The third kappa shape index (κ3) is 5.31. The number of nitrogens with one attached hydrogen (secondary N) is 2. The lowest BCUT2D eigenvalue weighted by atomic mass is 9.88. The van der Waals surface area contributed by atoms with Gasteiger partial charge in [-0.2, -0.15) is 4.98 Å². The minimum Gasteiger partial charge on any atom is -0.495 e. The molecule has 2 aromatic carbocycles. The third-order valence-corrected chi connectivity index (χ3v) is 8.55. The minimum atomic E-state index is -2.61. The number of nitrogens with two attached hydrogens (primary N) is 1. The Bertz CT molecular complexity index is 1390. The molecule has 37 heavy (non-hydrogen) atoms. The first-order chi connectivity index (χ1) is 17.7. The van der Waals surface area contributed by atoms with Gasteiger partial charge in [0.25, 0.3) is 5.91 Å². The van der Waals surface area contributed by atoms with E-state index in [1.165, 1.54) is 30.4 Å². The summed E-state index contributed by atoms with van der Waals surface area (Å²) in [7, 11) is -0.975. The minimum absolute atomic E-state index is 0.115. The molecular formula is C26H32N7O3P. The predicted molar refractivity (Wildman–Crippen MR) is 145 cm³/mol. The Morgan fingerprint density at radius 3 is 2.68 bits per heavy atom. The van der Waals surface area contributed by atoms with E-state index in [9.17, 15) is 9.36 Å². The molecule has 0 spiro atoms. The number of fused-ring (bicyclic) bond motifs is 2. The standard InChI is InChI=1S/C26H32N7O3P/c1-36-21-14-16-12-18-8-6-7-11-33(18)15-17(16)13-20(21)29-26-30-25(23(24(27)34)31-32-26)28-19-9-4-5-10-22(19)37(2,3)35/h4-5,9-10,13-14,18H,6-8,11-12,15H2,1-3H3,(H2,27,34)(H2,28,29,30,32). The number of piperidine rings is 1. The van der Waals surface area contributed by atoms with Gasteiger partial charge >= 0.3 is 0 Å². The van der Waals surface area contributed by atoms with Crippen LogP contribution in [0.2, 0.25) is 0 Å². The van der Waals surface area contributed by atoms with E-state index < -0.39 is 13.0 Å². The molecular weight excluding hydrogens is 489 g/mol. The van der Waals surface area contributed by atoms with Gasteiger partial charge in [-0.15, -0.1) is 10.2 Å². The quantitative estimate of drug-likeness (QED) is 0.398. The second kappa shape index (κ2) is 10.1. The number of para-hydroxylation sites is 1. The van der Waals surface area contributed by atoms with E-state index in [0.29, 0.717) is 28.5 Å². The number of hydrogen-bond acceptors (Lipinski definition) is 9. The number of methoxy groups -OCH3 is 1. The molecule has 4 N–H and O–H groups in total. The highest BCUT2D eigenvalue weighted by Gasteiger charge is 2.29. The number of carbonyl (C=O) groups is 1. The summed E-state index contributed by atoms with van der Waals surface area (Å²) < 4.78 is 18.5. The first-order valence-corrected chi connectivity index (χ1v) is 15.0. The average molecular weight is 522 g/mol. The number of amides is 1. The van der Waals surface area contributed by atoms with Crippen LogP contribution in [0.1, 0.15) is 40.9 Å². The zero-order chi connectivity index (χ0) is 26.2. The van der Waals surface area contributed by atoms with Gasteiger partial charge in [-0.25, -0.2) is 0 Å². The summed E-state index contributed by atoms with van der Waals surface area (Å²) in [6, 6.07) is 11.9. The normalized spacial score (nSPS) is 17.4. The number of rotatable bonds is 7. The van der Waals surface area contributed by atoms with Crippen molar-refractivity contribution in [2.75, 3.05) is 37.6 Å². The van der Waals surface area contributed by atoms with Crippen molar-refractivity contribution in [2.45, 2.75) is 38.3 Å². The van der Waals surface area contributed by atoms with E-state index in [1.54, 1.807) is 32.6 Å². The van der Waals surface area contributed by atoms with Crippen molar-refractivity contribution >= 4 is 41.5 Å². The first-order valence-electron chi connectivity index (χ1n) is 12.4. The largest absolute Gasteiger partial charge is 0.495 e. The maximum absolute atomic E-state index is 12.8. The molecule has 1 aromatic heterocycles. The summed E-state index contributed by atoms with van der Waals surface area (Å²) >= 11 is 0. The topological polar surface area (TPSA) is 135 Å². The van der Waals surface area contributed by atoms with E-state index >= 15 is 0 Å². The van der Waals surface area contributed by atoms with Gasteiger partial charge in [0.2, 0.25) is 5.95 Å². The Hall–Kier alpha value is -3.49. The van der Waals surface area contributed by atoms with Gasteiger partial charge in [0, 0.05) is 17.9 Å².